The van der Waals surface area contributed by atoms with Gasteiger partial charge >= 0.3 is 0 Å². The number of fused-ring (bicyclic) bond motifs is 1. The van der Waals surface area contributed by atoms with Crippen molar-refractivity contribution in [2.24, 2.45) is 7.05 Å². The molecular formula is C11H14N2O2S. The van der Waals surface area contributed by atoms with Gasteiger partial charge in [-0.2, -0.15) is 0 Å². The van der Waals surface area contributed by atoms with Gasteiger partial charge in [0, 0.05) is 38.2 Å². The minimum atomic E-state index is -3.37. The normalized spacial score (nSPS) is 12.5. The molecule has 2 aromatic rings. The average Bonchev–Trinajstić information content (AvgIpc) is 2.57. The van der Waals surface area contributed by atoms with Crippen LogP contribution in [0, 0.1) is 0 Å². The molecule has 0 aliphatic heterocycles. The van der Waals surface area contributed by atoms with Crippen molar-refractivity contribution in [3.63, 3.8) is 0 Å². The molecule has 2 rings (SSSR count). The lowest BCUT2D eigenvalue weighted by molar-refractivity contribution is 0.521. The number of hydrogen-bond acceptors (Lipinski definition) is 2. The monoisotopic (exact) mass is 238 g/mol. The van der Waals surface area contributed by atoms with Crippen LogP contribution in [-0.4, -0.2) is 31.4 Å². The van der Waals surface area contributed by atoms with E-state index < -0.39 is 10.0 Å². The number of para-hydroxylation sites is 1. The summed E-state index contributed by atoms with van der Waals surface area (Å²) in [5.41, 5.74) is 0.919. The topological polar surface area (TPSA) is 42.3 Å². The molecule has 5 heteroatoms. The Balaban J connectivity index is 2.81. The van der Waals surface area contributed by atoms with E-state index in [0.29, 0.717) is 4.90 Å². The molecule has 0 amide bonds. The van der Waals surface area contributed by atoms with Crippen molar-refractivity contribution in [3.05, 3.63) is 30.5 Å². The highest BCUT2D eigenvalue weighted by Gasteiger charge is 2.22. The predicted molar refractivity (Wildman–Crippen MR) is 63.8 cm³/mol. The summed E-state index contributed by atoms with van der Waals surface area (Å²) >= 11 is 0. The Morgan fingerprint density at radius 3 is 2.44 bits per heavy atom. The van der Waals surface area contributed by atoms with E-state index in [2.05, 4.69) is 0 Å². The third kappa shape index (κ3) is 1.52. The molecule has 0 aliphatic rings. The molecule has 86 valence electrons. The molecule has 0 spiro atoms. The fourth-order valence-electron chi connectivity index (χ4n) is 1.71. The Hall–Kier alpha value is -1.33. The smallest absolute Gasteiger partial charge is 0.244 e. The van der Waals surface area contributed by atoms with E-state index in [-0.39, 0.29) is 0 Å². The van der Waals surface area contributed by atoms with E-state index in [4.69, 9.17) is 0 Å². The van der Waals surface area contributed by atoms with Crippen molar-refractivity contribution < 1.29 is 8.42 Å². The molecule has 0 fully saturated rings. The Morgan fingerprint density at radius 1 is 1.19 bits per heavy atom. The fourth-order valence-corrected chi connectivity index (χ4v) is 2.84. The van der Waals surface area contributed by atoms with Crippen molar-refractivity contribution in [1.29, 1.82) is 0 Å². The quantitative estimate of drug-likeness (QED) is 0.794. The molecule has 1 aromatic heterocycles. The van der Waals surface area contributed by atoms with Crippen LogP contribution in [0.1, 0.15) is 0 Å². The lowest BCUT2D eigenvalue weighted by atomic mass is 10.2. The molecule has 0 unspecified atom stereocenters. The second-order valence-corrected chi connectivity index (χ2v) is 6.03. The number of sulfonamides is 1. The highest BCUT2D eigenvalue weighted by molar-refractivity contribution is 7.89. The highest BCUT2D eigenvalue weighted by Crippen LogP contribution is 2.25. The van der Waals surface area contributed by atoms with Gasteiger partial charge in [0.25, 0.3) is 0 Å². The van der Waals surface area contributed by atoms with Crippen LogP contribution in [0.2, 0.25) is 0 Å². The lowest BCUT2D eigenvalue weighted by Crippen LogP contribution is -2.21. The first-order valence-electron chi connectivity index (χ1n) is 4.91. The largest absolute Gasteiger partial charge is 0.349 e. The summed E-state index contributed by atoms with van der Waals surface area (Å²) in [6.45, 7) is 0. The van der Waals surface area contributed by atoms with Gasteiger partial charge in [0.2, 0.25) is 10.0 Å². The molecule has 16 heavy (non-hydrogen) atoms. The fraction of sp³-hybridized carbons (Fsp3) is 0.273. The third-order valence-corrected chi connectivity index (χ3v) is 4.46. The standard InChI is InChI=1S/C11H14N2O2S/c1-12(2)16(14,15)11-8-13(3)10-7-5-4-6-9(10)11/h4-8H,1-3H3. The van der Waals surface area contributed by atoms with Crippen molar-refractivity contribution in [2.75, 3.05) is 14.1 Å². The van der Waals surface area contributed by atoms with Crippen LogP contribution in [0.5, 0.6) is 0 Å². The molecule has 0 radical (unpaired) electrons. The van der Waals surface area contributed by atoms with Gasteiger partial charge in [-0.3, -0.25) is 0 Å². The molecule has 0 saturated carbocycles. The van der Waals surface area contributed by atoms with Crippen molar-refractivity contribution >= 4 is 20.9 Å². The Kier molecular flexibility index (Phi) is 2.52. The molecule has 0 N–H and O–H groups in total. The number of rotatable bonds is 2. The Morgan fingerprint density at radius 2 is 1.81 bits per heavy atom. The predicted octanol–water partition coefficient (Wildman–Crippen LogP) is 1.43. The van der Waals surface area contributed by atoms with Crippen molar-refractivity contribution in [3.8, 4) is 0 Å². The first-order valence-corrected chi connectivity index (χ1v) is 6.35. The summed E-state index contributed by atoms with van der Waals surface area (Å²) in [7, 11) is 1.55. The zero-order valence-electron chi connectivity index (χ0n) is 9.51. The summed E-state index contributed by atoms with van der Waals surface area (Å²) in [5.74, 6) is 0. The maximum atomic E-state index is 12.1. The second-order valence-electron chi connectivity index (χ2n) is 3.91. The second kappa shape index (κ2) is 3.61. The van der Waals surface area contributed by atoms with Gasteiger partial charge in [-0.1, -0.05) is 18.2 Å². The SMILES string of the molecule is CN(C)S(=O)(=O)c1cn(C)c2ccccc12. The number of nitrogens with zero attached hydrogens (tertiary/aromatic N) is 2. The molecule has 0 saturated heterocycles. The summed E-state index contributed by atoms with van der Waals surface area (Å²) < 4.78 is 27.2. The van der Waals surface area contributed by atoms with E-state index in [1.807, 2.05) is 35.9 Å². The molecular weight excluding hydrogens is 224 g/mol. The zero-order valence-corrected chi connectivity index (χ0v) is 10.3. The van der Waals surface area contributed by atoms with Gasteiger partial charge in [-0.15, -0.1) is 0 Å². The van der Waals surface area contributed by atoms with Gasteiger partial charge < -0.3 is 4.57 Å². The number of aromatic nitrogens is 1. The molecule has 0 aliphatic carbocycles. The summed E-state index contributed by atoms with van der Waals surface area (Å²) in [6.07, 6.45) is 1.65. The van der Waals surface area contributed by atoms with Gasteiger partial charge in [0.15, 0.2) is 0 Å². The maximum absolute atomic E-state index is 12.1. The Labute approximate surface area is 95.1 Å². The third-order valence-electron chi connectivity index (χ3n) is 2.62. The number of aryl methyl sites for hydroxylation is 1. The van der Waals surface area contributed by atoms with E-state index in [1.165, 1.54) is 18.4 Å². The van der Waals surface area contributed by atoms with Crippen LogP contribution in [0.3, 0.4) is 0 Å². The van der Waals surface area contributed by atoms with Crippen LogP contribution in [-0.2, 0) is 17.1 Å². The summed E-state index contributed by atoms with van der Waals surface area (Å²) in [6, 6.07) is 7.47. The lowest BCUT2D eigenvalue weighted by Gasteiger charge is -2.09. The molecule has 0 atom stereocenters. The first kappa shape index (κ1) is 11.2. The van der Waals surface area contributed by atoms with E-state index in [9.17, 15) is 8.42 Å². The Bertz CT molecular complexity index is 626. The molecule has 0 bridgehead atoms. The van der Waals surface area contributed by atoms with Crippen LogP contribution in [0.15, 0.2) is 35.4 Å². The van der Waals surface area contributed by atoms with Gasteiger partial charge in [-0.25, -0.2) is 12.7 Å². The summed E-state index contributed by atoms with van der Waals surface area (Å²) in [5, 5.41) is 0.763. The van der Waals surface area contributed by atoms with Crippen molar-refractivity contribution in [2.45, 2.75) is 4.90 Å². The average molecular weight is 238 g/mol. The van der Waals surface area contributed by atoms with E-state index >= 15 is 0 Å². The van der Waals surface area contributed by atoms with Crippen LogP contribution < -0.4 is 0 Å². The van der Waals surface area contributed by atoms with Gasteiger partial charge in [0.05, 0.1) is 0 Å². The number of benzene rings is 1. The molecule has 1 aromatic carbocycles. The molecule has 4 nitrogen and oxygen atoms in total. The van der Waals surface area contributed by atoms with Crippen LogP contribution in [0.25, 0.3) is 10.9 Å². The van der Waals surface area contributed by atoms with E-state index in [1.54, 1.807) is 6.20 Å². The van der Waals surface area contributed by atoms with Gasteiger partial charge in [0.1, 0.15) is 4.90 Å². The van der Waals surface area contributed by atoms with Crippen LogP contribution in [0.4, 0.5) is 0 Å². The molecule has 1 heterocycles. The maximum Gasteiger partial charge on any atom is 0.244 e. The highest BCUT2D eigenvalue weighted by atomic mass is 32.2. The zero-order chi connectivity index (χ0) is 11.9. The van der Waals surface area contributed by atoms with E-state index in [0.717, 1.165) is 10.9 Å². The van der Waals surface area contributed by atoms with Crippen molar-refractivity contribution in [1.82, 2.24) is 8.87 Å². The van der Waals surface area contributed by atoms with Crippen LogP contribution >= 0.6 is 0 Å². The first-order chi connectivity index (χ1) is 7.44. The van der Waals surface area contributed by atoms with Gasteiger partial charge in [-0.05, 0) is 6.07 Å². The minimum Gasteiger partial charge on any atom is -0.349 e. The summed E-state index contributed by atoms with van der Waals surface area (Å²) in [4.78, 5) is 0.357. The number of hydrogen-bond donors (Lipinski definition) is 0. The minimum absolute atomic E-state index is 0.357.